The summed E-state index contributed by atoms with van der Waals surface area (Å²) in [6, 6.07) is 7.99. The van der Waals surface area contributed by atoms with Crippen molar-refractivity contribution in [3.63, 3.8) is 0 Å². The number of hydrogen-bond donors (Lipinski definition) is 1. The van der Waals surface area contributed by atoms with Crippen molar-refractivity contribution in [2.24, 2.45) is 0 Å². The Morgan fingerprint density at radius 2 is 2.19 bits per heavy atom. The number of nitrogens with zero attached hydrogens (tertiary/aromatic N) is 2. The van der Waals surface area contributed by atoms with Crippen molar-refractivity contribution in [2.45, 2.75) is 26.4 Å². The molecule has 0 aliphatic heterocycles. The van der Waals surface area contributed by atoms with Crippen molar-refractivity contribution < 1.29 is 5.11 Å². The van der Waals surface area contributed by atoms with Crippen LogP contribution >= 0.6 is 0 Å². The number of likely N-dealkylation sites (N-methyl/N-ethyl adjacent to an activating group) is 1. The van der Waals surface area contributed by atoms with Crippen molar-refractivity contribution in [2.75, 3.05) is 13.7 Å². The summed E-state index contributed by atoms with van der Waals surface area (Å²) in [4.78, 5) is 2.09. The lowest BCUT2D eigenvalue weighted by molar-refractivity contribution is 0.154. The van der Waals surface area contributed by atoms with Crippen molar-refractivity contribution >= 4 is 0 Å². The maximum Gasteiger partial charge on any atom is 0.0991 e. The summed E-state index contributed by atoms with van der Waals surface area (Å²) in [5, 5.41) is 17.8. The molecule has 1 N–H and O–H groups in total. The Morgan fingerprint density at radius 3 is 2.69 bits per heavy atom. The summed E-state index contributed by atoms with van der Waals surface area (Å²) >= 11 is 0. The largest absolute Gasteiger partial charge is 0.395 e. The average Bonchev–Trinajstić information content (AvgIpc) is 2.30. The third kappa shape index (κ3) is 3.06. The lowest BCUT2D eigenvalue weighted by Crippen LogP contribution is -2.31. The zero-order valence-electron chi connectivity index (χ0n) is 10.1. The highest BCUT2D eigenvalue weighted by atomic mass is 16.3. The molecule has 1 unspecified atom stereocenters. The van der Waals surface area contributed by atoms with E-state index < -0.39 is 0 Å². The Labute approximate surface area is 96.9 Å². The molecule has 0 aliphatic carbocycles. The van der Waals surface area contributed by atoms with Crippen LogP contribution in [0.25, 0.3) is 0 Å². The van der Waals surface area contributed by atoms with E-state index in [1.165, 1.54) is 5.56 Å². The number of rotatable bonds is 4. The van der Waals surface area contributed by atoms with Crippen LogP contribution in [0.5, 0.6) is 0 Å². The highest BCUT2D eigenvalue weighted by Gasteiger charge is 2.09. The van der Waals surface area contributed by atoms with Gasteiger partial charge in [-0.3, -0.25) is 4.90 Å². The van der Waals surface area contributed by atoms with Crippen molar-refractivity contribution in [1.29, 1.82) is 5.26 Å². The maximum atomic E-state index is 9.05. The van der Waals surface area contributed by atoms with E-state index >= 15 is 0 Å². The Bertz CT molecular complexity index is 395. The molecule has 1 aromatic rings. The fraction of sp³-hybridized carbons (Fsp3) is 0.462. The highest BCUT2D eigenvalue weighted by Crippen LogP contribution is 2.13. The van der Waals surface area contributed by atoms with Crippen LogP contribution in [0.2, 0.25) is 0 Å². The lowest BCUT2D eigenvalue weighted by atomic mass is 10.0. The van der Waals surface area contributed by atoms with Gasteiger partial charge >= 0.3 is 0 Å². The number of nitriles is 1. The molecule has 1 rings (SSSR count). The molecule has 86 valence electrons. The van der Waals surface area contributed by atoms with Crippen LogP contribution in [-0.4, -0.2) is 29.7 Å². The molecule has 0 heterocycles. The molecule has 0 amide bonds. The molecule has 3 nitrogen and oxygen atoms in total. The quantitative estimate of drug-likeness (QED) is 0.836. The first kappa shape index (κ1) is 12.7. The summed E-state index contributed by atoms with van der Waals surface area (Å²) in [7, 11) is 1.98. The fourth-order valence-electron chi connectivity index (χ4n) is 1.51. The van der Waals surface area contributed by atoms with E-state index in [9.17, 15) is 0 Å². The van der Waals surface area contributed by atoms with Crippen LogP contribution in [0.1, 0.15) is 23.6 Å². The Morgan fingerprint density at radius 1 is 1.50 bits per heavy atom. The van der Waals surface area contributed by atoms with E-state index in [0.717, 1.165) is 12.1 Å². The number of aryl methyl sites for hydroxylation is 1. The smallest absolute Gasteiger partial charge is 0.0991 e. The summed E-state index contributed by atoms with van der Waals surface area (Å²) in [6.07, 6.45) is 0. The van der Waals surface area contributed by atoms with E-state index in [1.54, 1.807) is 0 Å². The molecule has 0 aliphatic rings. The fourth-order valence-corrected chi connectivity index (χ4v) is 1.51. The normalized spacial score (nSPS) is 12.5. The highest BCUT2D eigenvalue weighted by molar-refractivity contribution is 5.37. The molecule has 0 saturated carbocycles. The second-order valence-corrected chi connectivity index (χ2v) is 4.20. The van der Waals surface area contributed by atoms with Crippen LogP contribution in [0.3, 0.4) is 0 Å². The number of aliphatic hydroxyl groups excluding tert-OH is 1. The second kappa shape index (κ2) is 5.64. The van der Waals surface area contributed by atoms with Gasteiger partial charge in [-0.15, -0.1) is 0 Å². The van der Waals surface area contributed by atoms with Crippen LogP contribution < -0.4 is 0 Å². The van der Waals surface area contributed by atoms with E-state index in [4.69, 9.17) is 10.4 Å². The first-order valence-electron chi connectivity index (χ1n) is 5.39. The summed E-state index contributed by atoms with van der Waals surface area (Å²) in [5.41, 5.74) is 3.01. The molecule has 1 aromatic carbocycles. The number of hydrogen-bond acceptors (Lipinski definition) is 3. The zero-order chi connectivity index (χ0) is 12.1. The molecular weight excluding hydrogens is 200 g/mol. The van der Waals surface area contributed by atoms with E-state index in [2.05, 4.69) is 11.0 Å². The van der Waals surface area contributed by atoms with Gasteiger partial charge in [0.1, 0.15) is 0 Å². The predicted molar refractivity (Wildman–Crippen MR) is 63.9 cm³/mol. The Kier molecular flexibility index (Phi) is 4.48. The van der Waals surface area contributed by atoms with Crippen LogP contribution in [0.15, 0.2) is 18.2 Å². The lowest BCUT2D eigenvalue weighted by Gasteiger charge is -2.23. The van der Waals surface area contributed by atoms with E-state index in [1.807, 2.05) is 39.1 Å². The summed E-state index contributed by atoms with van der Waals surface area (Å²) < 4.78 is 0. The molecule has 0 fully saturated rings. The Hall–Kier alpha value is -1.37. The van der Waals surface area contributed by atoms with E-state index in [0.29, 0.717) is 5.56 Å². The average molecular weight is 218 g/mol. The van der Waals surface area contributed by atoms with Gasteiger partial charge < -0.3 is 5.11 Å². The molecule has 3 heteroatoms. The van der Waals surface area contributed by atoms with Gasteiger partial charge in [-0.1, -0.05) is 6.07 Å². The first-order chi connectivity index (χ1) is 7.58. The van der Waals surface area contributed by atoms with Gasteiger partial charge in [0.15, 0.2) is 0 Å². The third-order valence-electron chi connectivity index (χ3n) is 2.91. The molecule has 0 spiro atoms. The van der Waals surface area contributed by atoms with Gasteiger partial charge in [0.2, 0.25) is 0 Å². The molecule has 0 radical (unpaired) electrons. The van der Waals surface area contributed by atoms with Crippen molar-refractivity contribution in [3.8, 4) is 6.07 Å². The zero-order valence-corrected chi connectivity index (χ0v) is 10.1. The van der Waals surface area contributed by atoms with Gasteiger partial charge in [-0.25, -0.2) is 0 Å². The Balaban J connectivity index is 2.79. The summed E-state index contributed by atoms with van der Waals surface area (Å²) in [6.45, 7) is 4.94. The van der Waals surface area contributed by atoms with Gasteiger partial charge in [0.05, 0.1) is 18.2 Å². The van der Waals surface area contributed by atoms with Gasteiger partial charge in [-0.2, -0.15) is 5.26 Å². The molecule has 0 bridgehead atoms. The SMILES string of the molecule is Cc1cc(C#N)ccc1CN(C)C(C)CO. The van der Waals surface area contributed by atoms with Crippen LogP contribution in [-0.2, 0) is 6.54 Å². The van der Waals surface area contributed by atoms with Crippen LogP contribution in [0.4, 0.5) is 0 Å². The molecule has 0 saturated heterocycles. The number of aliphatic hydroxyl groups is 1. The molecular formula is C13H18N2O. The predicted octanol–water partition coefficient (Wildman–Crippen LogP) is 1.68. The minimum Gasteiger partial charge on any atom is -0.395 e. The maximum absolute atomic E-state index is 9.05. The minimum atomic E-state index is 0.148. The van der Waals surface area contributed by atoms with Crippen molar-refractivity contribution in [1.82, 2.24) is 4.90 Å². The second-order valence-electron chi connectivity index (χ2n) is 4.20. The van der Waals surface area contributed by atoms with Gasteiger partial charge in [-0.05, 0) is 44.2 Å². The van der Waals surface area contributed by atoms with Gasteiger partial charge in [0, 0.05) is 12.6 Å². The van der Waals surface area contributed by atoms with Crippen LogP contribution in [0, 0.1) is 18.3 Å². The third-order valence-corrected chi connectivity index (χ3v) is 2.91. The first-order valence-corrected chi connectivity index (χ1v) is 5.39. The van der Waals surface area contributed by atoms with Gasteiger partial charge in [0.25, 0.3) is 0 Å². The van der Waals surface area contributed by atoms with Crippen molar-refractivity contribution in [3.05, 3.63) is 34.9 Å². The standard InChI is InChI=1S/C13H18N2O/c1-10-6-12(7-14)4-5-13(10)8-15(3)11(2)9-16/h4-6,11,16H,8-9H2,1-3H3. The monoisotopic (exact) mass is 218 g/mol. The molecule has 1 atom stereocenters. The summed E-state index contributed by atoms with van der Waals surface area (Å²) in [5.74, 6) is 0. The topological polar surface area (TPSA) is 47.3 Å². The molecule has 0 aromatic heterocycles. The minimum absolute atomic E-state index is 0.148. The number of benzene rings is 1. The molecule has 16 heavy (non-hydrogen) atoms. The van der Waals surface area contributed by atoms with E-state index in [-0.39, 0.29) is 12.6 Å².